The van der Waals surface area contributed by atoms with Gasteiger partial charge in [-0.25, -0.2) is 4.39 Å². The monoisotopic (exact) mass is 180 g/mol. The Hall–Kier alpha value is -1.09. The zero-order valence-corrected chi connectivity index (χ0v) is 7.63. The van der Waals surface area contributed by atoms with Gasteiger partial charge in [0.05, 0.1) is 0 Å². The Morgan fingerprint density at radius 1 is 1.54 bits per heavy atom. The van der Waals surface area contributed by atoms with Crippen molar-refractivity contribution in [3.63, 3.8) is 0 Å². The molecule has 0 radical (unpaired) electrons. The highest BCUT2D eigenvalue weighted by Crippen LogP contribution is 2.25. The van der Waals surface area contributed by atoms with Crippen LogP contribution in [0.15, 0.2) is 18.2 Å². The summed E-state index contributed by atoms with van der Waals surface area (Å²) in [4.78, 5) is 2.07. The Kier molecular flexibility index (Phi) is 1.96. The van der Waals surface area contributed by atoms with Gasteiger partial charge in [-0.2, -0.15) is 0 Å². The first kappa shape index (κ1) is 8.51. The van der Waals surface area contributed by atoms with Crippen LogP contribution in [0.25, 0.3) is 0 Å². The van der Waals surface area contributed by atoms with E-state index in [1.165, 1.54) is 6.07 Å². The van der Waals surface area contributed by atoms with Crippen LogP contribution in [0.3, 0.4) is 0 Å². The topological polar surface area (TPSA) is 29.3 Å². The van der Waals surface area contributed by atoms with Gasteiger partial charge in [-0.3, -0.25) is 0 Å². The molecule has 3 heteroatoms. The maximum Gasteiger partial charge on any atom is 0.123 e. The Morgan fingerprint density at radius 2 is 2.31 bits per heavy atom. The minimum absolute atomic E-state index is 0.124. The highest BCUT2D eigenvalue weighted by molar-refractivity contribution is 5.55. The van der Waals surface area contributed by atoms with Gasteiger partial charge in [0.2, 0.25) is 0 Å². The van der Waals surface area contributed by atoms with Gasteiger partial charge >= 0.3 is 0 Å². The third-order valence-electron chi connectivity index (χ3n) is 2.44. The molecule has 0 amide bonds. The first-order valence-electron chi connectivity index (χ1n) is 4.42. The van der Waals surface area contributed by atoms with E-state index in [1.807, 2.05) is 13.1 Å². The number of halogens is 1. The highest BCUT2D eigenvalue weighted by Gasteiger charge is 2.19. The van der Waals surface area contributed by atoms with E-state index < -0.39 is 0 Å². The lowest BCUT2D eigenvalue weighted by Crippen LogP contribution is -2.41. The van der Waals surface area contributed by atoms with Gasteiger partial charge in [0.1, 0.15) is 5.82 Å². The largest absolute Gasteiger partial charge is 0.373 e. The fraction of sp³-hybridized carbons (Fsp3) is 0.400. The minimum Gasteiger partial charge on any atom is -0.373 e. The Balaban J connectivity index is 2.43. The summed E-state index contributed by atoms with van der Waals surface area (Å²) in [5, 5.41) is 0. The molecular formula is C10H13FN2. The van der Waals surface area contributed by atoms with Crippen molar-refractivity contribution in [2.24, 2.45) is 5.73 Å². The number of hydrogen-bond acceptors (Lipinski definition) is 2. The molecule has 0 saturated carbocycles. The summed E-state index contributed by atoms with van der Waals surface area (Å²) >= 11 is 0. The second-order valence-electron chi connectivity index (χ2n) is 3.62. The van der Waals surface area contributed by atoms with Crippen molar-refractivity contribution in [2.75, 3.05) is 18.5 Å². The molecule has 0 saturated heterocycles. The van der Waals surface area contributed by atoms with Crippen molar-refractivity contribution in [1.82, 2.24) is 0 Å². The predicted octanol–water partition coefficient (Wildman–Crippen LogP) is 1.15. The molecule has 1 atom stereocenters. The number of anilines is 1. The van der Waals surface area contributed by atoms with E-state index in [2.05, 4.69) is 4.90 Å². The van der Waals surface area contributed by atoms with E-state index in [9.17, 15) is 4.39 Å². The zero-order valence-electron chi connectivity index (χ0n) is 7.63. The molecule has 1 aromatic rings. The summed E-state index contributed by atoms with van der Waals surface area (Å²) in [6.07, 6.45) is 0.775. The molecule has 0 spiro atoms. The van der Waals surface area contributed by atoms with Crippen molar-refractivity contribution in [1.29, 1.82) is 0 Å². The summed E-state index contributed by atoms with van der Waals surface area (Å²) in [5.74, 6) is -0.179. The number of benzene rings is 1. The van der Waals surface area contributed by atoms with Crippen molar-refractivity contribution >= 4 is 5.69 Å². The van der Waals surface area contributed by atoms with Crippen LogP contribution < -0.4 is 10.6 Å². The van der Waals surface area contributed by atoms with Crippen LogP contribution in [0.1, 0.15) is 5.56 Å². The Morgan fingerprint density at radius 3 is 3.08 bits per heavy atom. The number of hydrogen-bond donors (Lipinski definition) is 1. The third-order valence-corrected chi connectivity index (χ3v) is 2.44. The standard InChI is InChI=1S/C10H13FN2/c1-13-6-9(12)5-7-4-8(11)2-3-10(7)13/h2-4,9H,5-6,12H2,1H3. The molecule has 1 aliphatic heterocycles. The number of likely N-dealkylation sites (N-methyl/N-ethyl adjacent to an activating group) is 1. The minimum atomic E-state index is -0.179. The lowest BCUT2D eigenvalue weighted by molar-refractivity contribution is 0.602. The van der Waals surface area contributed by atoms with E-state index in [0.717, 1.165) is 24.2 Å². The quantitative estimate of drug-likeness (QED) is 0.649. The average Bonchev–Trinajstić information content (AvgIpc) is 2.02. The first-order chi connectivity index (χ1) is 6.16. The SMILES string of the molecule is CN1CC(N)Cc2cc(F)ccc21. The lowest BCUT2D eigenvalue weighted by atomic mass is 9.99. The summed E-state index contributed by atoms with van der Waals surface area (Å²) in [6, 6.07) is 5.01. The smallest absolute Gasteiger partial charge is 0.123 e. The van der Waals surface area contributed by atoms with Gasteiger partial charge in [0, 0.05) is 25.3 Å². The van der Waals surface area contributed by atoms with Crippen LogP contribution >= 0.6 is 0 Å². The van der Waals surface area contributed by atoms with Gasteiger partial charge in [-0.15, -0.1) is 0 Å². The Labute approximate surface area is 77.2 Å². The molecule has 1 unspecified atom stereocenters. The first-order valence-corrected chi connectivity index (χ1v) is 4.42. The average molecular weight is 180 g/mol. The molecular weight excluding hydrogens is 167 g/mol. The van der Waals surface area contributed by atoms with E-state index in [1.54, 1.807) is 6.07 Å². The molecule has 0 aliphatic carbocycles. The van der Waals surface area contributed by atoms with E-state index in [-0.39, 0.29) is 11.9 Å². The lowest BCUT2D eigenvalue weighted by Gasteiger charge is -2.31. The van der Waals surface area contributed by atoms with E-state index >= 15 is 0 Å². The van der Waals surface area contributed by atoms with Crippen LogP contribution in [0.5, 0.6) is 0 Å². The summed E-state index contributed by atoms with van der Waals surface area (Å²) < 4.78 is 12.9. The highest BCUT2D eigenvalue weighted by atomic mass is 19.1. The van der Waals surface area contributed by atoms with Crippen LogP contribution in [0.2, 0.25) is 0 Å². The van der Waals surface area contributed by atoms with Gasteiger partial charge < -0.3 is 10.6 Å². The van der Waals surface area contributed by atoms with Crippen molar-refractivity contribution < 1.29 is 4.39 Å². The normalized spacial score (nSPS) is 21.5. The molecule has 2 nitrogen and oxygen atoms in total. The molecule has 2 rings (SSSR count). The second-order valence-corrected chi connectivity index (χ2v) is 3.62. The predicted molar refractivity (Wildman–Crippen MR) is 51.3 cm³/mol. The molecule has 0 aromatic heterocycles. The maximum absolute atomic E-state index is 12.9. The second kappa shape index (κ2) is 3.00. The molecule has 1 aliphatic rings. The molecule has 0 bridgehead atoms. The van der Waals surface area contributed by atoms with Crippen LogP contribution in [0, 0.1) is 5.82 Å². The zero-order chi connectivity index (χ0) is 9.42. The molecule has 70 valence electrons. The summed E-state index contributed by atoms with van der Waals surface area (Å²) in [7, 11) is 1.98. The van der Waals surface area contributed by atoms with Gasteiger partial charge in [-0.1, -0.05) is 0 Å². The van der Waals surface area contributed by atoms with Crippen molar-refractivity contribution in [2.45, 2.75) is 12.5 Å². The van der Waals surface area contributed by atoms with E-state index in [0.29, 0.717) is 0 Å². The molecule has 0 fully saturated rings. The molecule has 13 heavy (non-hydrogen) atoms. The summed E-state index contributed by atoms with van der Waals surface area (Å²) in [6.45, 7) is 0.846. The van der Waals surface area contributed by atoms with Gasteiger partial charge in [0.15, 0.2) is 0 Å². The fourth-order valence-corrected chi connectivity index (χ4v) is 1.89. The van der Waals surface area contributed by atoms with Gasteiger partial charge in [0.25, 0.3) is 0 Å². The molecule has 2 N–H and O–H groups in total. The maximum atomic E-state index is 12.9. The fourth-order valence-electron chi connectivity index (χ4n) is 1.89. The number of rotatable bonds is 0. The third kappa shape index (κ3) is 1.52. The molecule has 1 aromatic carbocycles. The van der Waals surface area contributed by atoms with Crippen LogP contribution in [0.4, 0.5) is 10.1 Å². The number of nitrogens with zero attached hydrogens (tertiary/aromatic N) is 1. The molecule has 1 heterocycles. The number of fused-ring (bicyclic) bond motifs is 1. The van der Waals surface area contributed by atoms with Crippen LogP contribution in [-0.2, 0) is 6.42 Å². The van der Waals surface area contributed by atoms with Crippen molar-refractivity contribution in [3.05, 3.63) is 29.6 Å². The van der Waals surface area contributed by atoms with Crippen molar-refractivity contribution in [3.8, 4) is 0 Å². The van der Waals surface area contributed by atoms with E-state index in [4.69, 9.17) is 5.73 Å². The van der Waals surface area contributed by atoms with Gasteiger partial charge in [-0.05, 0) is 30.2 Å². The Bertz CT molecular complexity index is 325. The van der Waals surface area contributed by atoms with Crippen LogP contribution in [-0.4, -0.2) is 19.6 Å². The summed E-state index contributed by atoms with van der Waals surface area (Å²) in [5.41, 5.74) is 7.94. The number of nitrogens with two attached hydrogens (primary N) is 1.